The third-order valence-electron chi connectivity index (χ3n) is 3.05. The number of rotatable bonds is 5. The summed E-state index contributed by atoms with van der Waals surface area (Å²) < 4.78 is 40.1. The van der Waals surface area contributed by atoms with Crippen LogP contribution in [0.1, 0.15) is 17.8 Å². The summed E-state index contributed by atoms with van der Waals surface area (Å²) in [5, 5.41) is 6.26. The first kappa shape index (κ1) is 14.3. The van der Waals surface area contributed by atoms with E-state index in [1.807, 2.05) is 5.38 Å². The van der Waals surface area contributed by atoms with Gasteiger partial charge in [0.1, 0.15) is 10.8 Å². The van der Waals surface area contributed by atoms with Crippen molar-refractivity contribution in [3.63, 3.8) is 0 Å². The quantitative estimate of drug-likeness (QED) is 0.907. The highest BCUT2D eigenvalue weighted by atomic mass is 32.1. The van der Waals surface area contributed by atoms with Gasteiger partial charge in [0.05, 0.1) is 5.69 Å². The minimum Gasteiger partial charge on any atom is -0.406 e. The van der Waals surface area contributed by atoms with Crippen LogP contribution in [0.5, 0.6) is 5.75 Å². The van der Waals surface area contributed by atoms with Crippen LogP contribution in [0.15, 0.2) is 29.6 Å². The zero-order chi connectivity index (χ0) is 14.9. The van der Waals surface area contributed by atoms with E-state index in [0.29, 0.717) is 6.04 Å². The molecular weight excluding hydrogens is 301 g/mol. The normalized spacial score (nSPS) is 15.2. The second-order valence-corrected chi connectivity index (χ2v) is 5.80. The number of hydrogen-bond acceptors (Lipinski definition) is 4. The maximum Gasteiger partial charge on any atom is 0.573 e. The first-order chi connectivity index (χ1) is 9.99. The van der Waals surface area contributed by atoms with Crippen LogP contribution in [0.25, 0.3) is 11.3 Å². The van der Waals surface area contributed by atoms with E-state index in [4.69, 9.17) is 0 Å². The third-order valence-corrected chi connectivity index (χ3v) is 3.90. The van der Waals surface area contributed by atoms with Crippen molar-refractivity contribution in [3.8, 4) is 17.0 Å². The molecule has 0 radical (unpaired) electrons. The maximum atomic E-state index is 12.1. The number of ether oxygens (including phenoxy) is 1. The van der Waals surface area contributed by atoms with E-state index in [1.54, 1.807) is 23.5 Å². The molecule has 21 heavy (non-hydrogen) atoms. The molecule has 1 aromatic carbocycles. The standard InChI is InChI=1S/C14H13F3N2OS/c15-14(16,17)20-11-5-1-9(2-6-11)12-8-21-13(19-12)7-18-10-3-4-10/h1-2,5-6,8,10,18H,3-4,7H2. The van der Waals surface area contributed by atoms with Crippen LogP contribution in [-0.2, 0) is 6.54 Å². The van der Waals surface area contributed by atoms with Gasteiger partial charge in [0.25, 0.3) is 0 Å². The lowest BCUT2D eigenvalue weighted by atomic mass is 10.2. The van der Waals surface area contributed by atoms with Crippen LogP contribution >= 0.6 is 11.3 Å². The summed E-state index contributed by atoms with van der Waals surface area (Å²) in [6, 6.07) is 6.37. The van der Waals surface area contributed by atoms with E-state index in [2.05, 4.69) is 15.0 Å². The molecule has 0 atom stereocenters. The zero-order valence-corrected chi connectivity index (χ0v) is 11.8. The molecule has 112 valence electrons. The Morgan fingerprint density at radius 2 is 1.95 bits per heavy atom. The number of nitrogens with one attached hydrogen (secondary N) is 1. The van der Waals surface area contributed by atoms with Gasteiger partial charge >= 0.3 is 6.36 Å². The highest BCUT2D eigenvalue weighted by Crippen LogP contribution is 2.27. The van der Waals surface area contributed by atoms with Gasteiger partial charge in [0.15, 0.2) is 0 Å². The van der Waals surface area contributed by atoms with E-state index < -0.39 is 6.36 Å². The van der Waals surface area contributed by atoms with Crippen molar-refractivity contribution < 1.29 is 17.9 Å². The lowest BCUT2D eigenvalue weighted by Crippen LogP contribution is -2.16. The van der Waals surface area contributed by atoms with Gasteiger partial charge in [-0.1, -0.05) is 0 Å². The Bertz CT molecular complexity index is 605. The van der Waals surface area contributed by atoms with E-state index >= 15 is 0 Å². The van der Waals surface area contributed by atoms with Crippen molar-refractivity contribution in [3.05, 3.63) is 34.7 Å². The topological polar surface area (TPSA) is 34.1 Å². The van der Waals surface area contributed by atoms with E-state index in [0.717, 1.165) is 22.8 Å². The maximum absolute atomic E-state index is 12.1. The summed E-state index contributed by atoms with van der Waals surface area (Å²) >= 11 is 1.54. The SMILES string of the molecule is FC(F)(F)Oc1ccc(-c2csc(CNC3CC3)n2)cc1. The van der Waals surface area contributed by atoms with Crippen molar-refractivity contribution in [2.75, 3.05) is 0 Å². The van der Waals surface area contributed by atoms with Crippen LogP contribution in [0.2, 0.25) is 0 Å². The van der Waals surface area contributed by atoms with E-state index in [1.165, 1.54) is 25.0 Å². The Morgan fingerprint density at radius 1 is 1.24 bits per heavy atom. The minimum absolute atomic E-state index is 0.225. The minimum atomic E-state index is -4.66. The molecule has 1 N–H and O–H groups in total. The van der Waals surface area contributed by atoms with Crippen LogP contribution in [0.4, 0.5) is 13.2 Å². The molecule has 7 heteroatoms. The Morgan fingerprint density at radius 3 is 2.57 bits per heavy atom. The average molecular weight is 314 g/mol. The molecule has 1 heterocycles. The van der Waals surface area contributed by atoms with Gasteiger partial charge in [-0.3, -0.25) is 0 Å². The first-order valence-electron chi connectivity index (χ1n) is 6.53. The van der Waals surface area contributed by atoms with Gasteiger partial charge in [-0.2, -0.15) is 0 Å². The third kappa shape index (κ3) is 4.18. The van der Waals surface area contributed by atoms with Crippen LogP contribution in [0.3, 0.4) is 0 Å². The Balaban J connectivity index is 1.65. The van der Waals surface area contributed by atoms with Crippen molar-refractivity contribution in [1.29, 1.82) is 0 Å². The fourth-order valence-corrected chi connectivity index (χ4v) is 2.63. The summed E-state index contributed by atoms with van der Waals surface area (Å²) in [5.74, 6) is -0.225. The van der Waals surface area contributed by atoms with Crippen LogP contribution < -0.4 is 10.1 Å². The van der Waals surface area contributed by atoms with Gasteiger partial charge in [0.2, 0.25) is 0 Å². The number of hydrogen-bond donors (Lipinski definition) is 1. The van der Waals surface area contributed by atoms with E-state index in [-0.39, 0.29) is 5.75 Å². The predicted molar refractivity (Wildman–Crippen MR) is 74.1 cm³/mol. The zero-order valence-electron chi connectivity index (χ0n) is 11.0. The largest absolute Gasteiger partial charge is 0.573 e. The molecule has 1 aliphatic carbocycles. The molecule has 0 unspecified atom stereocenters. The molecule has 3 nitrogen and oxygen atoms in total. The summed E-state index contributed by atoms with van der Waals surface area (Å²) in [5.41, 5.74) is 1.55. The highest BCUT2D eigenvalue weighted by Gasteiger charge is 2.31. The molecule has 2 aromatic rings. The van der Waals surface area contributed by atoms with Crippen molar-refractivity contribution >= 4 is 11.3 Å². The molecule has 0 amide bonds. The summed E-state index contributed by atoms with van der Waals surface area (Å²) in [6.07, 6.45) is -2.22. The second kappa shape index (κ2) is 5.65. The first-order valence-corrected chi connectivity index (χ1v) is 7.41. The molecular formula is C14H13F3N2OS. The highest BCUT2D eigenvalue weighted by molar-refractivity contribution is 7.09. The molecule has 1 aromatic heterocycles. The van der Waals surface area contributed by atoms with Gasteiger partial charge in [-0.25, -0.2) is 4.98 Å². The average Bonchev–Trinajstić information content (AvgIpc) is 3.13. The van der Waals surface area contributed by atoms with Crippen molar-refractivity contribution in [1.82, 2.24) is 10.3 Å². The summed E-state index contributed by atoms with van der Waals surface area (Å²) in [7, 11) is 0. The second-order valence-electron chi connectivity index (χ2n) is 4.85. The fraction of sp³-hybridized carbons (Fsp3) is 0.357. The van der Waals surface area contributed by atoms with Crippen LogP contribution in [-0.4, -0.2) is 17.4 Å². The summed E-state index contributed by atoms with van der Waals surface area (Å²) in [4.78, 5) is 4.48. The van der Waals surface area contributed by atoms with Crippen LogP contribution in [0, 0.1) is 0 Å². The van der Waals surface area contributed by atoms with Crippen molar-refractivity contribution in [2.24, 2.45) is 0 Å². The lowest BCUT2D eigenvalue weighted by Gasteiger charge is -2.08. The number of thiazole rings is 1. The van der Waals surface area contributed by atoms with Crippen molar-refractivity contribution in [2.45, 2.75) is 31.8 Å². The monoisotopic (exact) mass is 314 g/mol. The molecule has 0 bridgehead atoms. The number of aromatic nitrogens is 1. The Kier molecular flexibility index (Phi) is 3.86. The Labute approximate surface area is 123 Å². The lowest BCUT2D eigenvalue weighted by molar-refractivity contribution is -0.274. The van der Waals surface area contributed by atoms with E-state index in [9.17, 15) is 13.2 Å². The Hall–Kier alpha value is -1.60. The summed E-state index contributed by atoms with van der Waals surface area (Å²) in [6.45, 7) is 0.741. The number of nitrogens with zero attached hydrogens (tertiary/aromatic N) is 1. The number of halogens is 3. The molecule has 1 aliphatic rings. The smallest absolute Gasteiger partial charge is 0.406 e. The molecule has 0 saturated heterocycles. The fourth-order valence-electron chi connectivity index (χ4n) is 1.87. The van der Waals surface area contributed by atoms with Gasteiger partial charge in [0, 0.05) is 23.5 Å². The van der Waals surface area contributed by atoms with Gasteiger partial charge in [-0.15, -0.1) is 24.5 Å². The number of benzene rings is 1. The molecule has 0 spiro atoms. The molecule has 1 fully saturated rings. The molecule has 3 rings (SSSR count). The van der Waals surface area contributed by atoms with Gasteiger partial charge < -0.3 is 10.1 Å². The van der Waals surface area contributed by atoms with Gasteiger partial charge in [-0.05, 0) is 37.1 Å². The predicted octanol–water partition coefficient (Wildman–Crippen LogP) is 3.96. The molecule has 0 aliphatic heterocycles. The number of alkyl halides is 3. The molecule has 1 saturated carbocycles.